The Bertz CT molecular complexity index is 263. The van der Waals surface area contributed by atoms with Gasteiger partial charge in [0.05, 0.1) is 0 Å². The molecule has 14 heavy (non-hydrogen) atoms. The Morgan fingerprint density at radius 3 is 2.21 bits per heavy atom. The van der Waals surface area contributed by atoms with E-state index in [4.69, 9.17) is 5.84 Å². The summed E-state index contributed by atoms with van der Waals surface area (Å²) < 4.78 is 0. The Hall–Kier alpha value is -1.43. The van der Waals surface area contributed by atoms with Gasteiger partial charge in [-0.1, -0.05) is 18.2 Å². The molecule has 5 nitrogen and oxygen atoms in total. The van der Waals surface area contributed by atoms with Crippen LogP contribution in [0, 0.1) is 0 Å². The molecule has 0 spiro atoms. The Balaban J connectivity index is 0.000000791. The lowest BCUT2D eigenvalue weighted by Crippen LogP contribution is -2.36. The molecule has 0 bridgehead atoms. The maximum Gasteiger partial charge on any atom is 0.267 e. The van der Waals surface area contributed by atoms with Crippen molar-refractivity contribution in [3.05, 3.63) is 35.9 Å². The number of benzene rings is 1. The molecule has 0 aliphatic heterocycles. The van der Waals surface area contributed by atoms with E-state index in [1.165, 1.54) is 5.01 Å². The fraction of sp³-hybridized carbons (Fsp3) is 0.222. The summed E-state index contributed by atoms with van der Waals surface area (Å²) in [5.41, 5.74) is 0.627. The lowest BCUT2D eigenvalue weighted by Gasteiger charge is -2.13. The maximum atomic E-state index is 11.4. The quantitative estimate of drug-likeness (QED) is 0.348. The molecule has 0 saturated heterocycles. The number of carbonyl (C=O) groups is 1. The van der Waals surface area contributed by atoms with Crippen molar-refractivity contribution in [3.8, 4) is 0 Å². The fourth-order valence-corrected chi connectivity index (χ4v) is 0.890. The molecule has 0 radical (unpaired) electrons. The molecule has 0 aliphatic rings. The zero-order valence-electron chi connectivity index (χ0n) is 8.18. The van der Waals surface area contributed by atoms with Crippen LogP contribution in [0.3, 0.4) is 0 Å². The van der Waals surface area contributed by atoms with Crippen LogP contribution in [0.2, 0.25) is 0 Å². The molecule has 5 heteroatoms. The van der Waals surface area contributed by atoms with Gasteiger partial charge in [-0.3, -0.25) is 21.5 Å². The van der Waals surface area contributed by atoms with E-state index in [-0.39, 0.29) is 5.91 Å². The molecule has 0 aliphatic carbocycles. The molecule has 0 fully saturated rings. The van der Waals surface area contributed by atoms with E-state index < -0.39 is 0 Å². The molecular formula is C9H16N4O. The van der Waals surface area contributed by atoms with Crippen LogP contribution in [-0.2, 0) is 0 Å². The van der Waals surface area contributed by atoms with E-state index in [0.717, 1.165) is 0 Å². The van der Waals surface area contributed by atoms with Crippen LogP contribution in [0.4, 0.5) is 0 Å². The summed E-state index contributed by atoms with van der Waals surface area (Å²) in [5, 5.41) is 1.19. The smallest absolute Gasteiger partial charge is 0.267 e. The lowest BCUT2D eigenvalue weighted by molar-refractivity contribution is 0.0764. The second-order valence-electron chi connectivity index (χ2n) is 2.46. The molecule has 0 heterocycles. The average molecular weight is 196 g/mol. The van der Waals surface area contributed by atoms with Crippen molar-refractivity contribution in [2.75, 3.05) is 6.54 Å². The number of hydrazine groups is 2. The Morgan fingerprint density at radius 1 is 1.29 bits per heavy atom. The number of amides is 1. The van der Waals surface area contributed by atoms with E-state index in [2.05, 4.69) is 11.7 Å². The highest BCUT2D eigenvalue weighted by Crippen LogP contribution is 2.00. The first-order chi connectivity index (χ1) is 6.75. The first-order valence-corrected chi connectivity index (χ1v) is 4.20. The van der Waals surface area contributed by atoms with Gasteiger partial charge in [0.15, 0.2) is 0 Å². The minimum Gasteiger partial charge on any atom is -0.277 e. The van der Waals surface area contributed by atoms with Crippen LogP contribution in [0.5, 0.6) is 0 Å². The molecule has 0 aromatic heterocycles. The van der Waals surface area contributed by atoms with E-state index in [1.54, 1.807) is 12.1 Å². The second-order valence-corrected chi connectivity index (χ2v) is 2.46. The van der Waals surface area contributed by atoms with Gasteiger partial charge in [-0.15, -0.1) is 0 Å². The highest BCUT2D eigenvalue weighted by molar-refractivity contribution is 5.93. The van der Waals surface area contributed by atoms with Gasteiger partial charge < -0.3 is 0 Å². The Labute approximate surface area is 83.4 Å². The van der Waals surface area contributed by atoms with Crippen molar-refractivity contribution >= 4 is 5.91 Å². The van der Waals surface area contributed by atoms with Crippen molar-refractivity contribution in [2.45, 2.75) is 6.92 Å². The summed E-state index contributed by atoms with van der Waals surface area (Å²) in [6, 6.07) is 8.99. The number of rotatable bonds is 2. The van der Waals surface area contributed by atoms with Crippen molar-refractivity contribution in [1.29, 1.82) is 0 Å². The normalized spacial score (nSPS) is 8.57. The third-order valence-electron chi connectivity index (χ3n) is 1.62. The van der Waals surface area contributed by atoms with Crippen LogP contribution < -0.4 is 17.5 Å². The lowest BCUT2D eigenvalue weighted by atomic mass is 10.2. The first-order valence-electron chi connectivity index (χ1n) is 4.20. The third-order valence-corrected chi connectivity index (χ3v) is 1.62. The fourth-order valence-electron chi connectivity index (χ4n) is 0.890. The zero-order chi connectivity index (χ0) is 11.0. The minimum atomic E-state index is -0.141. The topological polar surface area (TPSA) is 98.4 Å². The molecule has 78 valence electrons. The highest BCUT2D eigenvalue weighted by atomic mass is 16.2. The minimum absolute atomic E-state index is 0.141. The summed E-state index contributed by atoms with van der Waals surface area (Å²) in [5.74, 6) is 13.3. The van der Waals surface area contributed by atoms with Gasteiger partial charge in [-0.25, -0.2) is 5.84 Å². The van der Waals surface area contributed by atoms with E-state index in [0.29, 0.717) is 12.1 Å². The number of carbonyl (C=O) groups excluding carboxylic acids is 1. The van der Waals surface area contributed by atoms with Gasteiger partial charge in [0.25, 0.3) is 5.91 Å². The van der Waals surface area contributed by atoms with Crippen LogP contribution in [0.15, 0.2) is 30.3 Å². The maximum absolute atomic E-state index is 11.4. The van der Waals surface area contributed by atoms with Gasteiger partial charge in [-0.2, -0.15) is 0 Å². The summed E-state index contributed by atoms with van der Waals surface area (Å²) in [7, 11) is 0. The Morgan fingerprint density at radius 2 is 1.79 bits per heavy atom. The number of nitrogens with two attached hydrogens (primary N) is 3. The zero-order valence-corrected chi connectivity index (χ0v) is 8.18. The molecule has 6 N–H and O–H groups in total. The summed E-state index contributed by atoms with van der Waals surface area (Å²) in [6.45, 7) is 2.36. The molecule has 1 aromatic rings. The summed E-state index contributed by atoms with van der Waals surface area (Å²) in [4.78, 5) is 11.4. The van der Waals surface area contributed by atoms with Crippen LogP contribution in [0.1, 0.15) is 17.3 Å². The first kappa shape index (κ1) is 12.6. The summed E-state index contributed by atoms with van der Waals surface area (Å²) >= 11 is 0. The largest absolute Gasteiger partial charge is 0.277 e. The van der Waals surface area contributed by atoms with Gasteiger partial charge in [0.2, 0.25) is 0 Å². The van der Waals surface area contributed by atoms with E-state index in [1.807, 2.05) is 25.1 Å². The molecule has 1 rings (SSSR count). The number of hydrogen-bond donors (Lipinski definition) is 3. The number of hydrogen-bond acceptors (Lipinski definition) is 4. The van der Waals surface area contributed by atoms with Crippen LogP contribution in [-0.4, -0.2) is 17.5 Å². The molecule has 1 aromatic carbocycles. The van der Waals surface area contributed by atoms with Crippen molar-refractivity contribution in [3.63, 3.8) is 0 Å². The monoisotopic (exact) mass is 196 g/mol. The SMILES string of the molecule is CCN(N)C(=O)c1ccccc1.NN. The standard InChI is InChI=1S/C9H12N2O.H4N2/c1-2-11(10)9(12)8-6-4-3-5-7-8;1-2/h3-7H,2,10H2,1H3;1-2H2. The third kappa shape index (κ3) is 3.53. The predicted molar refractivity (Wildman–Crippen MR) is 55.7 cm³/mol. The molecule has 1 amide bonds. The molecular weight excluding hydrogens is 180 g/mol. The molecule has 0 unspecified atom stereocenters. The van der Waals surface area contributed by atoms with Crippen molar-refractivity contribution in [2.24, 2.45) is 17.5 Å². The van der Waals surface area contributed by atoms with Crippen LogP contribution >= 0.6 is 0 Å². The second kappa shape index (κ2) is 7.02. The Kier molecular flexibility index (Phi) is 6.30. The predicted octanol–water partition coefficient (Wildman–Crippen LogP) is -0.159. The highest BCUT2D eigenvalue weighted by Gasteiger charge is 2.08. The number of nitrogens with zero attached hydrogens (tertiary/aromatic N) is 1. The molecule has 0 atom stereocenters. The van der Waals surface area contributed by atoms with Gasteiger partial charge in [-0.05, 0) is 19.1 Å². The van der Waals surface area contributed by atoms with E-state index >= 15 is 0 Å². The average Bonchev–Trinajstić information content (AvgIpc) is 2.31. The van der Waals surface area contributed by atoms with Crippen molar-refractivity contribution in [1.82, 2.24) is 5.01 Å². The van der Waals surface area contributed by atoms with E-state index in [9.17, 15) is 4.79 Å². The molecule has 0 saturated carbocycles. The van der Waals surface area contributed by atoms with Crippen LogP contribution in [0.25, 0.3) is 0 Å². The van der Waals surface area contributed by atoms with Gasteiger partial charge >= 0.3 is 0 Å². The van der Waals surface area contributed by atoms with Crippen molar-refractivity contribution < 1.29 is 4.79 Å². The van der Waals surface area contributed by atoms with Gasteiger partial charge in [0.1, 0.15) is 0 Å². The summed E-state index contributed by atoms with van der Waals surface area (Å²) in [6.07, 6.45) is 0. The van der Waals surface area contributed by atoms with Gasteiger partial charge in [0, 0.05) is 12.1 Å².